The van der Waals surface area contributed by atoms with Crippen LogP contribution in [0.1, 0.15) is 27.2 Å². The predicted molar refractivity (Wildman–Crippen MR) is 65.7 cm³/mol. The van der Waals surface area contributed by atoms with Crippen LogP contribution >= 0.6 is 0 Å². The average molecular weight is 306 g/mol. The normalized spacial score (nSPS) is 21.9. The van der Waals surface area contributed by atoms with Crippen LogP contribution in [0.4, 0.5) is 4.79 Å². The molecule has 2 rings (SSSR count). The van der Waals surface area contributed by atoms with E-state index in [0.717, 1.165) is 0 Å². The number of urea groups is 1. The molecule has 0 aromatic heterocycles. The molecule has 0 unspecified atom stereocenters. The molecule has 0 aromatic rings. The number of rotatable bonds is 7. The van der Waals surface area contributed by atoms with Crippen molar-refractivity contribution >= 4 is 20.3 Å². The molecule has 20 heavy (non-hydrogen) atoms. The molecule has 0 spiro atoms. The van der Waals surface area contributed by atoms with Crippen LogP contribution in [0.5, 0.6) is 0 Å². The maximum atomic E-state index is 11.4. The van der Waals surface area contributed by atoms with Gasteiger partial charge < -0.3 is 15.5 Å². The van der Waals surface area contributed by atoms with E-state index in [0.29, 0.717) is 19.0 Å². The molecular formula is C10H18N2O7Si. The van der Waals surface area contributed by atoms with Gasteiger partial charge in [-0.05, 0) is 26.3 Å². The third-order valence-electron chi connectivity index (χ3n) is 3.46. The molecule has 0 atom stereocenters. The average Bonchev–Trinajstić information content (AvgIpc) is 3.23. The standard InChI is InChI=1S/C10H18N2O7Si/c1-7(13)15-20(9(2)16-17-9,10(3)18-19-10)6-4-5-12-8(11)14/h4-6H2,1-3H3,(H3,11,12,14). The van der Waals surface area contributed by atoms with E-state index in [1.807, 2.05) is 0 Å². The second-order valence-electron chi connectivity index (χ2n) is 5.04. The van der Waals surface area contributed by atoms with Gasteiger partial charge in [-0.2, -0.15) is 19.6 Å². The lowest BCUT2D eigenvalue weighted by Gasteiger charge is -2.31. The molecule has 2 heterocycles. The van der Waals surface area contributed by atoms with Crippen molar-refractivity contribution in [3.05, 3.63) is 0 Å². The van der Waals surface area contributed by atoms with Crippen molar-refractivity contribution in [2.75, 3.05) is 6.54 Å². The van der Waals surface area contributed by atoms with Gasteiger partial charge in [0, 0.05) is 13.5 Å². The number of primary amides is 1. The largest absolute Gasteiger partial charge is 0.507 e. The first-order valence-corrected chi connectivity index (χ1v) is 8.33. The van der Waals surface area contributed by atoms with Gasteiger partial charge in [0.05, 0.1) is 0 Å². The van der Waals surface area contributed by atoms with E-state index in [-0.39, 0.29) is 0 Å². The molecule has 0 radical (unpaired) electrons. The molecule has 0 bridgehead atoms. The molecule has 2 fully saturated rings. The van der Waals surface area contributed by atoms with E-state index >= 15 is 0 Å². The minimum absolute atomic E-state index is 0.345. The summed E-state index contributed by atoms with van der Waals surface area (Å²) in [4.78, 5) is 42.2. The molecule has 114 valence electrons. The van der Waals surface area contributed by atoms with E-state index in [1.165, 1.54) is 6.92 Å². The number of hydrogen-bond acceptors (Lipinski definition) is 7. The van der Waals surface area contributed by atoms with Gasteiger partial charge in [0.2, 0.25) is 0 Å². The number of nitrogens with two attached hydrogens (primary N) is 1. The Morgan fingerprint density at radius 3 is 2.05 bits per heavy atom. The van der Waals surface area contributed by atoms with Crippen LogP contribution in [0, 0.1) is 0 Å². The Labute approximate surface area is 116 Å². The Morgan fingerprint density at radius 1 is 1.20 bits per heavy atom. The summed E-state index contributed by atoms with van der Waals surface area (Å²) in [5.74, 6) is -0.458. The zero-order chi connectivity index (χ0) is 15.0. The van der Waals surface area contributed by atoms with E-state index in [4.69, 9.17) is 29.7 Å². The SMILES string of the molecule is CC(=O)O[Si](CCCNC(N)=O)(C1(C)OO1)C1(C)OO1. The fourth-order valence-electron chi connectivity index (χ4n) is 2.29. The minimum atomic E-state index is -3.04. The second-order valence-corrected chi connectivity index (χ2v) is 9.21. The number of hydrogen-bond donors (Lipinski definition) is 2. The van der Waals surface area contributed by atoms with Gasteiger partial charge in [0.15, 0.2) is 0 Å². The van der Waals surface area contributed by atoms with E-state index < -0.39 is 31.1 Å². The Hall–Kier alpha value is -1.20. The van der Waals surface area contributed by atoms with E-state index in [1.54, 1.807) is 13.8 Å². The first-order chi connectivity index (χ1) is 9.25. The lowest BCUT2D eigenvalue weighted by molar-refractivity contribution is -0.133. The zero-order valence-corrected chi connectivity index (χ0v) is 12.6. The van der Waals surface area contributed by atoms with Gasteiger partial charge in [-0.1, -0.05) is 0 Å². The summed E-state index contributed by atoms with van der Waals surface area (Å²) < 4.78 is 5.55. The zero-order valence-electron chi connectivity index (χ0n) is 11.6. The summed E-state index contributed by atoms with van der Waals surface area (Å²) in [6.45, 7) is 5.01. The molecule has 9 nitrogen and oxygen atoms in total. The topological polar surface area (TPSA) is 132 Å². The molecular weight excluding hydrogens is 288 g/mol. The number of carbonyl (C=O) groups is 2. The lowest BCUT2D eigenvalue weighted by atomic mass is 10.5. The highest BCUT2D eigenvalue weighted by Gasteiger charge is 2.82. The summed E-state index contributed by atoms with van der Waals surface area (Å²) in [5, 5.41) is 2.47. The molecule has 0 aromatic carbocycles. The lowest BCUT2D eigenvalue weighted by Crippen LogP contribution is -2.63. The van der Waals surface area contributed by atoms with Crippen molar-refractivity contribution in [1.82, 2.24) is 5.32 Å². The van der Waals surface area contributed by atoms with Crippen molar-refractivity contribution in [3.8, 4) is 0 Å². The summed E-state index contributed by atoms with van der Waals surface area (Å²) >= 11 is 0. The van der Waals surface area contributed by atoms with Crippen molar-refractivity contribution in [2.45, 2.75) is 44.1 Å². The first kappa shape index (κ1) is 15.2. The van der Waals surface area contributed by atoms with Crippen LogP contribution in [-0.2, 0) is 28.8 Å². The van der Waals surface area contributed by atoms with Crippen molar-refractivity contribution in [3.63, 3.8) is 0 Å². The smallest absolute Gasteiger partial charge is 0.390 e. The number of amides is 2. The van der Waals surface area contributed by atoms with Crippen molar-refractivity contribution in [2.24, 2.45) is 5.73 Å². The van der Waals surface area contributed by atoms with Crippen LogP contribution < -0.4 is 11.1 Å². The highest BCUT2D eigenvalue weighted by atomic mass is 28.4. The molecule has 2 saturated heterocycles. The second kappa shape index (κ2) is 4.97. The third kappa shape index (κ3) is 2.65. The van der Waals surface area contributed by atoms with E-state index in [2.05, 4.69) is 5.32 Å². The van der Waals surface area contributed by atoms with Crippen LogP contribution in [0.2, 0.25) is 6.04 Å². The quantitative estimate of drug-likeness (QED) is 0.292. The highest BCUT2D eigenvalue weighted by Crippen LogP contribution is 2.54. The summed E-state index contributed by atoms with van der Waals surface area (Å²) in [6, 6.07) is -0.181. The molecule has 10 heteroatoms. The predicted octanol–water partition coefficient (Wildman–Crippen LogP) is -0.0122. The van der Waals surface area contributed by atoms with Crippen LogP contribution in [-0.4, -0.2) is 37.7 Å². The van der Waals surface area contributed by atoms with Crippen LogP contribution in [0.3, 0.4) is 0 Å². The van der Waals surface area contributed by atoms with E-state index in [9.17, 15) is 9.59 Å². The summed E-state index contributed by atoms with van der Waals surface area (Å²) in [6.07, 6.45) is 0.521. The number of nitrogens with one attached hydrogen (secondary N) is 1. The highest BCUT2D eigenvalue weighted by molar-refractivity contribution is 6.80. The third-order valence-corrected chi connectivity index (χ3v) is 8.42. The molecule has 2 aliphatic heterocycles. The Balaban J connectivity index is 2.10. The molecule has 0 saturated carbocycles. The molecule has 0 aliphatic carbocycles. The molecule has 2 aliphatic rings. The number of carbonyl (C=O) groups excluding carboxylic acids is 2. The fraction of sp³-hybridized carbons (Fsp3) is 0.800. The minimum Gasteiger partial charge on any atom is -0.507 e. The van der Waals surface area contributed by atoms with Crippen LogP contribution in [0.15, 0.2) is 0 Å². The molecule has 3 N–H and O–H groups in total. The van der Waals surface area contributed by atoms with Gasteiger partial charge in [0.25, 0.3) is 16.8 Å². The Kier molecular flexibility index (Phi) is 3.77. The maximum Gasteiger partial charge on any atom is 0.390 e. The molecule has 2 amide bonds. The maximum absolute atomic E-state index is 11.4. The Morgan fingerprint density at radius 2 is 1.70 bits per heavy atom. The van der Waals surface area contributed by atoms with Gasteiger partial charge in [-0.25, -0.2) is 4.79 Å². The Bertz CT molecular complexity index is 404. The van der Waals surface area contributed by atoms with Crippen molar-refractivity contribution in [1.29, 1.82) is 0 Å². The monoisotopic (exact) mass is 306 g/mol. The fourth-order valence-corrected chi connectivity index (χ4v) is 6.28. The van der Waals surface area contributed by atoms with Gasteiger partial charge in [0.1, 0.15) is 0 Å². The first-order valence-electron chi connectivity index (χ1n) is 6.21. The van der Waals surface area contributed by atoms with Gasteiger partial charge in [-0.3, -0.25) is 4.79 Å². The summed E-state index contributed by atoms with van der Waals surface area (Å²) in [7, 11) is -3.04. The van der Waals surface area contributed by atoms with Gasteiger partial charge in [-0.15, -0.1) is 0 Å². The van der Waals surface area contributed by atoms with Crippen LogP contribution in [0.25, 0.3) is 0 Å². The van der Waals surface area contributed by atoms with Gasteiger partial charge >= 0.3 is 14.3 Å². The summed E-state index contributed by atoms with van der Waals surface area (Å²) in [5.41, 5.74) is 2.96. The van der Waals surface area contributed by atoms with Crippen molar-refractivity contribution < 1.29 is 33.6 Å².